The Morgan fingerprint density at radius 2 is 1.22 bits per heavy atom. The molecule has 0 fully saturated rings. The predicted octanol–water partition coefficient (Wildman–Crippen LogP) is 4.96. The van der Waals surface area contributed by atoms with Crippen LogP contribution in [0.25, 0.3) is 0 Å². The third-order valence-electron chi connectivity index (χ3n) is 3.33. The molecule has 1 aromatic carbocycles. The molecule has 1 nitrogen and oxygen atoms in total. The summed E-state index contributed by atoms with van der Waals surface area (Å²) >= 11 is 5.86. The van der Waals surface area contributed by atoms with Gasteiger partial charge in [0.2, 0.25) is 0 Å². The number of hydrogen-bond acceptors (Lipinski definition) is 1. The molecule has 102 valence electrons. The Labute approximate surface area is 117 Å². The lowest BCUT2D eigenvalue weighted by molar-refractivity contribution is 0.570. The second-order valence-electron chi connectivity index (χ2n) is 4.99. The van der Waals surface area contributed by atoms with E-state index in [9.17, 15) is 0 Å². The Bertz CT molecular complexity index is 294. The van der Waals surface area contributed by atoms with Crippen molar-refractivity contribution in [3.05, 3.63) is 34.9 Å². The molecule has 0 saturated carbocycles. The van der Waals surface area contributed by atoms with Crippen LogP contribution in [0.2, 0.25) is 5.02 Å². The smallest absolute Gasteiger partial charge is 0.0406 e. The van der Waals surface area contributed by atoms with Gasteiger partial charge in [-0.2, -0.15) is 0 Å². The zero-order chi connectivity index (χ0) is 13.1. The van der Waals surface area contributed by atoms with Crippen molar-refractivity contribution in [2.24, 2.45) is 5.73 Å². The van der Waals surface area contributed by atoms with Gasteiger partial charge >= 0.3 is 0 Å². The lowest BCUT2D eigenvalue weighted by atomic mass is 10.0. The molecule has 2 N–H and O–H groups in total. The van der Waals surface area contributed by atoms with Gasteiger partial charge in [-0.1, -0.05) is 62.3 Å². The van der Waals surface area contributed by atoms with Crippen molar-refractivity contribution in [2.75, 3.05) is 6.54 Å². The van der Waals surface area contributed by atoms with Gasteiger partial charge in [-0.15, -0.1) is 0 Å². The Morgan fingerprint density at radius 3 is 1.78 bits per heavy atom. The monoisotopic (exact) mass is 267 g/mol. The second kappa shape index (κ2) is 10.4. The maximum Gasteiger partial charge on any atom is 0.0406 e. The maximum atomic E-state index is 5.86. The van der Waals surface area contributed by atoms with E-state index in [0.29, 0.717) is 0 Å². The first-order valence-electron chi connectivity index (χ1n) is 7.27. The molecule has 1 aromatic rings. The van der Waals surface area contributed by atoms with Crippen LogP contribution in [0.3, 0.4) is 0 Å². The molecule has 1 rings (SSSR count). The molecule has 0 aliphatic carbocycles. The first kappa shape index (κ1) is 15.5. The fraction of sp³-hybridized carbons (Fsp3) is 0.625. The quantitative estimate of drug-likeness (QED) is 0.596. The Morgan fingerprint density at radius 1 is 0.722 bits per heavy atom. The van der Waals surface area contributed by atoms with Crippen LogP contribution < -0.4 is 5.73 Å². The van der Waals surface area contributed by atoms with E-state index in [0.717, 1.165) is 11.6 Å². The molecule has 0 amide bonds. The van der Waals surface area contributed by atoms with Crippen molar-refractivity contribution in [1.29, 1.82) is 0 Å². The van der Waals surface area contributed by atoms with Gasteiger partial charge in [0.15, 0.2) is 0 Å². The molecule has 0 heterocycles. The SMILES string of the molecule is NCCCCCCCCCCc1ccc(Cl)cc1. The molecule has 0 spiro atoms. The molecule has 0 aliphatic rings. The second-order valence-corrected chi connectivity index (χ2v) is 5.43. The van der Waals surface area contributed by atoms with Crippen molar-refractivity contribution in [1.82, 2.24) is 0 Å². The van der Waals surface area contributed by atoms with Crippen LogP contribution >= 0.6 is 11.6 Å². The molecule has 0 aromatic heterocycles. The largest absolute Gasteiger partial charge is 0.330 e. The number of halogens is 1. The summed E-state index contributed by atoms with van der Waals surface area (Å²) in [5.74, 6) is 0. The normalized spacial score (nSPS) is 10.8. The standard InChI is InChI=1S/C16H26ClN/c17-16-12-10-15(11-13-16)9-7-5-3-1-2-4-6-8-14-18/h10-13H,1-9,14,18H2. The van der Waals surface area contributed by atoms with E-state index in [4.69, 9.17) is 17.3 Å². The lowest BCUT2D eigenvalue weighted by Gasteiger charge is -2.03. The van der Waals surface area contributed by atoms with E-state index in [1.807, 2.05) is 12.1 Å². The number of hydrogen-bond donors (Lipinski definition) is 1. The topological polar surface area (TPSA) is 26.0 Å². The molecule has 0 unspecified atom stereocenters. The van der Waals surface area contributed by atoms with Gasteiger partial charge < -0.3 is 5.73 Å². The summed E-state index contributed by atoms with van der Waals surface area (Å²) in [5, 5.41) is 0.830. The average molecular weight is 268 g/mol. The summed E-state index contributed by atoms with van der Waals surface area (Å²) in [7, 11) is 0. The molecular weight excluding hydrogens is 242 g/mol. The minimum atomic E-state index is 0.830. The van der Waals surface area contributed by atoms with Crippen LogP contribution in [0.1, 0.15) is 56.9 Å². The molecule has 0 atom stereocenters. The summed E-state index contributed by atoms with van der Waals surface area (Å²) in [6.07, 6.45) is 11.8. The van der Waals surface area contributed by atoms with Crippen LogP contribution in [-0.4, -0.2) is 6.54 Å². The average Bonchev–Trinajstić information content (AvgIpc) is 2.39. The number of unbranched alkanes of at least 4 members (excludes halogenated alkanes) is 7. The summed E-state index contributed by atoms with van der Waals surface area (Å²) < 4.78 is 0. The van der Waals surface area contributed by atoms with Gasteiger partial charge in [0.05, 0.1) is 0 Å². The zero-order valence-corrected chi connectivity index (χ0v) is 12.1. The Kier molecular flexibility index (Phi) is 8.97. The molecular formula is C16H26ClN. The van der Waals surface area contributed by atoms with Crippen molar-refractivity contribution in [2.45, 2.75) is 57.8 Å². The zero-order valence-electron chi connectivity index (χ0n) is 11.3. The summed E-state index contributed by atoms with van der Waals surface area (Å²) in [5.41, 5.74) is 6.87. The first-order valence-corrected chi connectivity index (χ1v) is 7.65. The number of nitrogens with two attached hydrogens (primary N) is 1. The highest BCUT2D eigenvalue weighted by molar-refractivity contribution is 6.30. The molecule has 0 saturated heterocycles. The molecule has 0 aliphatic heterocycles. The fourth-order valence-electron chi connectivity index (χ4n) is 2.19. The highest BCUT2D eigenvalue weighted by Crippen LogP contribution is 2.13. The molecule has 0 radical (unpaired) electrons. The predicted molar refractivity (Wildman–Crippen MR) is 81.1 cm³/mol. The summed E-state index contributed by atoms with van der Waals surface area (Å²) in [6, 6.07) is 8.23. The van der Waals surface area contributed by atoms with E-state index in [1.165, 1.54) is 63.4 Å². The number of benzene rings is 1. The van der Waals surface area contributed by atoms with Gasteiger partial charge in [0.25, 0.3) is 0 Å². The van der Waals surface area contributed by atoms with Gasteiger partial charge in [-0.25, -0.2) is 0 Å². The Hall–Kier alpha value is -0.530. The third kappa shape index (κ3) is 7.73. The number of aryl methyl sites for hydroxylation is 1. The minimum absolute atomic E-state index is 0.830. The van der Waals surface area contributed by atoms with Gasteiger partial charge in [0.1, 0.15) is 0 Å². The van der Waals surface area contributed by atoms with Crippen LogP contribution in [-0.2, 0) is 6.42 Å². The van der Waals surface area contributed by atoms with E-state index < -0.39 is 0 Å². The Balaban J connectivity index is 1.91. The van der Waals surface area contributed by atoms with Gasteiger partial charge in [0, 0.05) is 5.02 Å². The van der Waals surface area contributed by atoms with Gasteiger partial charge in [-0.05, 0) is 43.5 Å². The van der Waals surface area contributed by atoms with Crippen LogP contribution in [0.4, 0.5) is 0 Å². The third-order valence-corrected chi connectivity index (χ3v) is 3.58. The maximum absolute atomic E-state index is 5.86. The van der Waals surface area contributed by atoms with Crippen LogP contribution in [0.15, 0.2) is 24.3 Å². The van der Waals surface area contributed by atoms with Crippen molar-refractivity contribution < 1.29 is 0 Å². The molecule has 0 bridgehead atoms. The summed E-state index contributed by atoms with van der Waals surface area (Å²) in [6.45, 7) is 0.848. The number of rotatable bonds is 10. The van der Waals surface area contributed by atoms with Crippen molar-refractivity contribution in [3.63, 3.8) is 0 Å². The van der Waals surface area contributed by atoms with E-state index in [1.54, 1.807) is 0 Å². The lowest BCUT2D eigenvalue weighted by Crippen LogP contribution is -1.97. The first-order chi connectivity index (χ1) is 8.83. The van der Waals surface area contributed by atoms with E-state index >= 15 is 0 Å². The van der Waals surface area contributed by atoms with Gasteiger partial charge in [-0.3, -0.25) is 0 Å². The van der Waals surface area contributed by atoms with E-state index in [-0.39, 0.29) is 0 Å². The van der Waals surface area contributed by atoms with Crippen LogP contribution in [0, 0.1) is 0 Å². The minimum Gasteiger partial charge on any atom is -0.330 e. The highest BCUT2D eigenvalue weighted by Gasteiger charge is 1.95. The summed E-state index contributed by atoms with van der Waals surface area (Å²) in [4.78, 5) is 0. The van der Waals surface area contributed by atoms with Crippen LogP contribution in [0.5, 0.6) is 0 Å². The molecule has 18 heavy (non-hydrogen) atoms. The fourth-order valence-corrected chi connectivity index (χ4v) is 2.31. The van der Waals surface area contributed by atoms with Crippen molar-refractivity contribution in [3.8, 4) is 0 Å². The molecule has 2 heteroatoms. The van der Waals surface area contributed by atoms with Crippen molar-refractivity contribution >= 4 is 11.6 Å². The van der Waals surface area contributed by atoms with E-state index in [2.05, 4.69) is 12.1 Å². The highest BCUT2D eigenvalue weighted by atomic mass is 35.5.